The lowest BCUT2D eigenvalue weighted by atomic mass is 10.1. The van der Waals surface area contributed by atoms with Crippen molar-refractivity contribution in [1.82, 2.24) is 4.90 Å². The minimum absolute atomic E-state index is 0.116. The van der Waals surface area contributed by atoms with Crippen LogP contribution in [0.4, 0.5) is 5.69 Å². The van der Waals surface area contributed by atoms with E-state index in [0.717, 1.165) is 24.2 Å². The molecule has 1 aliphatic rings. The molecule has 1 aliphatic heterocycles. The van der Waals surface area contributed by atoms with Crippen LogP contribution in [0.25, 0.3) is 0 Å². The van der Waals surface area contributed by atoms with Gasteiger partial charge in [-0.25, -0.2) is 0 Å². The summed E-state index contributed by atoms with van der Waals surface area (Å²) in [6.45, 7) is 5.15. The van der Waals surface area contributed by atoms with E-state index in [0.29, 0.717) is 12.0 Å². The average molecular weight is 233 g/mol. The lowest BCUT2D eigenvalue weighted by Crippen LogP contribution is -2.33. The second kappa shape index (κ2) is 4.75. The number of anilines is 1. The highest BCUT2D eigenvalue weighted by molar-refractivity contribution is 5.94. The van der Waals surface area contributed by atoms with E-state index in [1.54, 1.807) is 0 Å². The Morgan fingerprint density at radius 2 is 2.00 bits per heavy atom. The zero-order chi connectivity index (χ0) is 12.4. The molecule has 0 aromatic heterocycles. The number of rotatable bonds is 2. The summed E-state index contributed by atoms with van der Waals surface area (Å²) in [5.41, 5.74) is 4.09. The highest BCUT2D eigenvalue weighted by atomic mass is 16.2. The van der Waals surface area contributed by atoms with Gasteiger partial charge in [0, 0.05) is 23.8 Å². The molecular weight excluding hydrogens is 214 g/mol. The van der Waals surface area contributed by atoms with Crippen LogP contribution in [0.2, 0.25) is 0 Å². The minimum atomic E-state index is 0.116. The van der Waals surface area contributed by atoms with Gasteiger partial charge in [-0.05, 0) is 43.5 Å². The largest absolute Gasteiger partial charge is 0.336 e. The van der Waals surface area contributed by atoms with E-state index < -0.39 is 0 Å². The highest BCUT2D eigenvalue weighted by Crippen LogP contribution is 2.24. The summed E-state index contributed by atoms with van der Waals surface area (Å²) in [5, 5.41) is 0. The molecule has 1 saturated heterocycles. The number of nitrogens with two attached hydrogens (primary N) is 1. The Bertz CT molecular complexity index is 402. The molecule has 1 fully saturated rings. The van der Waals surface area contributed by atoms with Crippen LogP contribution in [0.1, 0.15) is 30.6 Å². The molecule has 1 amide bonds. The smallest absolute Gasteiger partial charge is 0.254 e. The molecule has 0 bridgehead atoms. The van der Waals surface area contributed by atoms with Crippen molar-refractivity contribution in [2.24, 2.45) is 11.8 Å². The molecule has 4 heteroatoms. The van der Waals surface area contributed by atoms with Gasteiger partial charge in [-0.3, -0.25) is 10.6 Å². The molecular formula is C13H19N3O. The monoisotopic (exact) mass is 233 g/mol. The number of nitrogens with zero attached hydrogens (tertiary/aromatic N) is 1. The Balaban J connectivity index is 2.13. The predicted molar refractivity (Wildman–Crippen MR) is 68.5 cm³/mol. The SMILES string of the molecule is CC1CC(C)N(C(=O)c2ccc(NN)cc2)C1. The van der Waals surface area contributed by atoms with Gasteiger partial charge in [0.05, 0.1) is 0 Å². The maximum atomic E-state index is 12.3. The lowest BCUT2D eigenvalue weighted by molar-refractivity contribution is 0.0744. The molecule has 0 saturated carbocycles. The summed E-state index contributed by atoms with van der Waals surface area (Å²) in [6.07, 6.45) is 1.09. The van der Waals surface area contributed by atoms with Gasteiger partial charge in [-0.2, -0.15) is 0 Å². The number of likely N-dealkylation sites (tertiary alicyclic amines) is 1. The van der Waals surface area contributed by atoms with E-state index >= 15 is 0 Å². The van der Waals surface area contributed by atoms with Crippen LogP contribution in [0.15, 0.2) is 24.3 Å². The average Bonchev–Trinajstić information content (AvgIpc) is 2.68. The molecule has 1 heterocycles. The van der Waals surface area contributed by atoms with Crippen LogP contribution >= 0.6 is 0 Å². The van der Waals surface area contributed by atoms with Gasteiger partial charge < -0.3 is 10.3 Å². The molecule has 17 heavy (non-hydrogen) atoms. The van der Waals surface area contributed by atoms with Gasteiger partial charge in [-0.15, -0.1) is 0 Å². The van der Waals surface area contributed by atoms with E-state index in [2.05, 4.69) is 19.3 Å². The summed E-state index contributed by atoms with van der Waals surface area (Å²) >= 11 is 0. The Hall–Kier alpha value is -1.55. The standard InChI is InChI=1S/C13H19N3O/c1-9-7-10(2)16(8-9)13(17)11-3-5-12(15-14)6-4-11/h3-6,9-10,15H,7-8,14H2,1-2H3. The van der Waals surface area contributed by atoms with Crippen LogP contribution in [-0.2, 0) is 0 Å². The fourth-order valence-electron chi connectivity index (χ4n) is 2.46. The number of hydrazine groups is 1. The van der Waals surface area contributed by atoms with E-state index in [-0.39, 0.29) is 5.91 Å². The van der Waals surface area contributed by atoms with E-state index in [9.17, 15) is 4.79 Å². The van der Waals surface area contributed by atoms with Gasteiger partial charge in [-0.1, -0.05) is 6.92 Å². The Morgan fingerprint density at radius 3 is 2.47 bits per heavy atom. The molecule has 1 aromatic rings. The quantitative estimate of drug-likeness (QED) is 0.605. The summed E-state index contributed by atoms with van der Waals surface area (Å²) in [7, 11) is 0. The Morgan fingerprint density at radius 1 is 1.35 bits per heavy atom. The Labute approximate surface area is 102 Å². The van der Waals surface area contributed by atoms with Crippen LogP contribution < -0.4 is 11.3 Å². The molecule has 0 aliphatic carbocycles. The first-order chi connectivity index (χ1) is 8.11. The second-order valence-electron chi connectivity index (χ2n) is 4.87. The number of hydrogen-bond donors (Lipinski definition) is 2. The van der Waals surface area contributed by atoms with Crippen molar-refractivity contribution in [3.8, 4) is 0 Å². The molecule has 2 rings (SSSR count). The van der Waals surface area contributed by atoms with Crippen molar-refractivity contribution >= 4 is 11.6 Å². The van der Waals surface area contributed by atoms with Gasteiger partial charge in [0.1, 0.15) is 0 Å². The number of amides is 1. The molecule has 2 atom stereocenters. The van der Waals surface area contributed by atoms with Gasteiger partial charge in [0.25, 0.3) is 5.91 Å². The predicted octanol–water partition coefficient (Wildman–Crippen LogP) is 1.84. The summed E-state index contributed by atoms with van der Waals surface area (Å²) in [4.78, 5) is 14.2. The molecule has 1 aromatic carbocycles. The fraction of sp³-hybridized carbons (Fsp3) is 0.462. The van der Waals surface area contributed by atoms with Crippen LogP contribution in [-0.4, -0.2) is 23.4 Å². The molecule has 0 spiro atoms. The number of hydrogen-bond acceptors (Lipinski definition) is 3. The minimum Gasteiger partial charge on any atom is -0.336 e. The van der Waals surface area contributed by atoms with Crippen molar-refractivity contribution in [3.63, 3.8) is 0 Å². The molecule has 92 valence electrons. The van der Waals surface area contributed by atoms with Crippen molar-refractivity contribution in [3.05, 3.63) is 29.8 Å². The number of nitrogens with one attached hydrogen (secondary N) is 1. The third-order valence-corrected chi connectivity index (χ3v) is 3.34. The molecule has 0 radical (unpaired) electrons. The fourth-order valence-corrected chi connectivity index (χ4v) is 2.46. The van der Waals surface area contributed by atoms with Crippen molar-refractivity contribution in [2.75, 3.05) is 12.0 Å². The number of carbonyl (C=O) groups excluding carboxylic acids is 1. The lowest BCUT2D eigenvalue weighted by Gasteiger charge is -2.21. The molecule has 2 unspecified atom stereocenters. The van der Waals surface area contributed by atoms with Crippen LogP contribution in [0.5, 0.6) is 0 Å². The van der Waals surface area contributed by atoms with Gasteiger partial charge in [0.2, 0.25) is 0 Å². The number of carbonyl (C=O) groups is 1. The highest BCUT2D eigenvalue weighted by Gasteiger charge is 2.30. The van der Waals surface area contributed by atoms with Crippen molar-refractivity contribution in [2.45, 2.75) is 26.3 Å². The topological polar surface area (TPSA) is 58.4 Å². The van der Waals surface area contributed by atoms with E-state index in [1.165, 1.54) is 0 Å². The van der Waals surface area contributed by atoms with Crippen molar-refractivity contribution in [1.29, 1.82) is 0 Å². The maximum absolute atomic E-state index is 12.3. The number of nitrogen functional groups attached to an aromatic ring is 1. The third-order valence-electron chi connectivity index (χ3n) is 3.34. The number of benzene rings is 1. The third kappa shape index (κ3) is 2.42. The normalized spacial score (nSPS) is 23.8. The van der Waals surface area contributed by atoms with Crippen molar-refractivity contribution < 1.29 is 4.79 Å². The first-order valence-electron chi connectivity index (χ1n) is 5.99. The summed E-state index contributed by atoms with van der Waals surface area (Å²) < 4.78 is 0. The second-order valence-corrected chi connectivity index (χ2v) is 4.87. The first-order valence-corrected chi connectivity index (χ1v) is 5.99. The van der Waals surface area contributed by atoms with Gasteiger partial charge in [0.15, 0.2) is 0 Å². The molecule has 3 N–H and O–H groups in total. The first kappa shape index (κ1) is 11.9. The zero-order valence-corrected chi connectivity index (χ0v) is 10.3. The van der Waals surface area contributed by atoms with Gasteiger partial charge >= 0.3 is 0 Å². The Kier molecular flexibility index (Phi) is 3.33. The van der Waals surface area contributed by atoms with E-state index in [1.807, 2.05) is 29.2 Å². The van der Waals surface area contributed by atoms with Crippen LogP contribution in [0.3, 0.4) is 0 Å². The van der Waals surface area contributed by atoms with E-state index in [4.69, 9.17) is 5.84 Å². The van der Waals surface area contributed by atoms with Crippen LogP contribution in [0, 0.1) is 5.92 Å². The molecule has 4 nitrogen and oxygen atoms in total. The maximum Gasteiger partial charge on any atom is 0.254 e. The summed E-state index contributed by atoms with van der Waals surface area (Å²) in [5.74, 6) is 6.01. The zero-order valence-electron chi connectivity index (χ0n) is 10.3. The summed E-state index contributed by atoms with van der Waals surface area (Å²) in [6, 6.07) is 7.60.